The maximum Gasteiger partial charge on any atom is 0.356 e. The summed E-state index contributed by atoms with van der Waals surface area (Å²) in [5.41, 5.74) is 1.59. The van der Waals surface area contributed by atoms with Crippen molar-refractivity contribution in [1.82, 2.24) is 0 Å². The van der Waals surface area contributed by atoms with E-state index in [1.807, 2.05) is 48.5 Å². The minimum atomic E-state index is -3.37. The fraction of sp³-hybridized carbons (Fsp3) is 0.250. The lowest BCUT2D eigenvalue weighted by Crippen LogP contribution is -2.13. The Labute approximate surface area is 144 Å². The molecule has 0 aromatic heterocycles. The quantitative estimate of drug-likeness (QED) is 0.659. The zero-order valence-electron chi connectivity index (χ0n) is 13.2. The average molecular weight is 400 g/mol. The van der Waals surface area contributed by atoms with Crippen molar-refractivity contribution in [3.63, 3.8) is 0 Å². The van der Waals surface area contributed by atoms with Gasteiger partial charge in [-0.15, -0.1) is 0 Å². The van der Waals surface area contributed by atoms with Crippen molar-refractivity contribution in [1.29, 1.82) is 0 Å². The van der Waals surface area contributed by atoms with Crippen LogP contribution in [0.25, 0.3) is 0 Å². The first-order valence-corrected chi connectivity index (χ1v) is 9.30. The van der Waals surface area contributed by atoms with E-state index in [2.05, 4.69) is 21.2 Å². The molecule has 7 heteroatoms. The molecule has 0 saturated carbocycles. The Morgan fingerprint density at radius 1 is 0.957 bits per heavy atom. The Kier molecular flexibility index (Phi) is 6.25. The van der Waals surface area contributed by atoms with Gasteiger partial charge >= 0.3 is 7.60 Å². The average Bonchev–Trinajstić information content (AvgIpc) is 2.60. The highest BCUT2D eigenvalue weighted by Crippen LogP contribution is 2.59. The molecule has 1 unspecified atom stereocenters. The van der Waals surface area contributed by atoms with E-state index < -0.39 is 13.4 Å². The fourth-order valence-electron chi connectivity index (χ4n) is 2.12. The van der Waals surface area contributed by atoms with Gasteiger partial charge in [0.25, 0.3) is 0 Å². The number of nitrogens with one attached hydrogen (secondary N) is 1. The van der Waals surface area contributed by atoms with Gasteiger partial charge in [0.1, 0.15) is 5.75 Å². The third-order valence-electron chi connectivity index (χ3n) is 3.40. The number of rotatable bonds is 7. The highest BCUT2D eigenvalue weighted by Gasteiger charge is 2.35. The van der Waals surface area contributed by atoms with Crippen LogP contribution in [0.2, 0.25) is 0 Å². The van der Waals surface area contributed by atoms with E-state index in [9.17, 15) is 4.57 Å². The third-order valence-corrected chi connectivity index (χ3v) is 6.01. The van der Waals surface area contributed by atoms with Gasteiger partial charge in [-0.1, -0.05) is 28.1 Å². The lowest BCUT2D eigenvalue weighted by Gasteiger charge is -2.26. The minimum absolute atomic E-state index is 0.626. The Morgan fingerprint density at radius 2 is 1.52 bits per heavy atom. The number of hydrogen-bond acceptors (Lipinski definition) is 5. The highest BCUT2D eigenvalue weighted by atomic mass is 79.9. The van der Waals surface area contributed by atoms with Crippen LogP contribution in [0.4, 0.5) is 5.69 Å². The number of ether oxygens (including phenoxy) is 1. The largest absolute Gasteiger partial charge is 0.497 e. The zero-order chi connectivity index (χ0) is 16.9. The molecule has 0 radical (unpaired) electrons. The molecule has 5 nitrogen and oxygen atoms in total. The zero-order valence-corrected chi connectivity index (χ0v) is 15.6. The van der Waals surface area contributed by atoms with Crippen LogP contribution in [0, 0.1) is 0 Å². The molecule has 23 heavy (non-hydrogen) atoms. The third kappa shape index (κ3) is 4.36. The van der Waals surface area contributed by atoms with Gasteiger partial charge in [0, 0.05) is 24.4 Å². The summed E-state index contributed by atoms with van der Waals surface area (Å²) in [6, 6.07) is 14.9. The van der Waals surface area contributed by atoms with Crippen molar-refractivity contribution in [2.24, 2.45) is 0 Å². The molecule has 0 spiro atoms. The van der Waals surface area contributed by atoms with Crippen LogP contribution in [0.5, 0.6) is 5.75 Å². The highest BCUT2D eigenvalue weighted by molar-refractivity contribution is 9.10. The van der Waals surface area contributed by atoms with E-state index in [4.69, 9.17) is 13.8 Å². The molecule has 1 atom stereocenters. The topological polar surface area (TPSA) is 56.8 Å². The monoisotopic (exact) mass is 399 g/mol. The van der Waals surface area contributed by atoms with Crippen LogP contribution in [-0.4, -0.2) is 21.3 Å². The predicted octanol–water partition coefficient (Wildman–Crippen LogP) is 5.05. The predicted molar refractivity (Wildman–Crippen MR) is 95.1 cm³/mol. The Balaban J connectivity index is 2.36. The number of methoxy groups -OCH3 is 1. The number of anilines is 1. The van der Waals surface area contributed by atoms with Crippen molar-refractivity contribution >= 4 is 29.2 Å². The molecule has 124 valence electrons. The van der Waals surface area contributed by atoms with Crippen molar-refractivity contribution < 1.29 is 18.3 Å². The molecule has 2 aromatic carbocycles. The molecule has 0 heterocycles. The Bertz CT molecular complexity index is 667. The standard InChI is InChI=1S/C16H19BrNO4P/c1-20-15-10-8-14(9-11-15)18-16(23(19,21-2)22-3)12-4-6-13(17)7-5-12/h4-11,16,18H,1-3H3. The molecule has 0 saturated heterocycles. The first kappa shape index (κ1) is 18.0. The van der Waals surface area contributed by atoms with Gasteiger partial charge in [-0.3, -0.25) is 4.57 Å². The summed E-state index contributed by atoms with van der Waals surface area (Å²) in [5, 5.41) is 3.22. The van der Waals surface area contributed by atoms with Crippen molar-refractivity contribution in [3.05, 3.63) is 58.6 Å². The van der Waals surface area contributed by atoms with Crippen LogP contribution in [0.1, 0.15) is 11.3 Å². The molecule has 0 aliphatic heterocycles. The summed E-state index contributed by atoms with van der Waals surface area (Å²) in [7, 11) is 1.000. The summed E-state index contributed by atoms with van der Waals surface area (Å²) in [4.78, 5) is 0. The van der Waals surface area contributed by atoms with E-state index in [1.54, 1.807) is 7.11 Å². The molecule has 0 fully saturated rings. The van der Waals surface area contributed by atoms with Crippen LogP contribution in [0.3, 0.4) is 0 Å². The first-order valence-electron chi connectivity index (χ1n) is 6.89. The van der Waals surface area contributed by atoms with Crippen LogP contribution >= 0.6 is 23.5 Å². The smallest absolute Gasteiger partial charge is 0.356 e. The van der Waals surface area contributed by atoms with E-state index >= 15 is 0 Å². The molecule has 2 aromatic rings. The summed E-state index contributed by atoms with van der Waals surface area (Å²) in [5.74, 6) is 0.122. The van der Waals surface area contributed by atoms with Crippen molar-refractivity contribution in [3.8, 4) is 5.75 Å². The molecular weight excluding hydrogens is 381 g/mol. The van der Waals surface area contributed by atoms with Gasteiger partial charge in [0.05, 0.1) is 7.11 Å². The van der Waals surface area contributed by atoms with E-state index in [0.717, 1.165) is 21.5 Å². The lowest BCUT2D eigenvalue weighted by molar-refractivity contribution is 0.268. The van der Waals surface area contributed by atoms with Crippen LogP contribution in [-0.2, 0) is 13.6 Å². The number of halogens is 1. The maximum atomic E-state index is 12.9. The van der Waals surface area contributed by atoms with E-state index in [0.29, 0.717) is 0 Å². The minimum Gasteiger partial charge on any atom is -0.497 e. The van der Waals surface area contributed by atoms with E-state index in [-0.39, 0.29) is 0 Å². The van der Waals surface area contributed by atoms with Gasteiger partial charge in [-0.05, 0) is 42.0 Å². The SMILES string of the molecule is COc1ccc(NC(c2ccc(Br)cc2)P(=O)(OC)OC)cc1. The second kappa shape index (κ2) is 7.97. The summed E-state index contributed by atoms with van der Waals surface area (Å²) < 4.78 is 29.4. The number of hydrogen-bond donors (Lipinski definition) is 1. The molecular formula is C16H19BrNO4P. The van der Waals surface area contributed by atoms with Crippen LogP contribution in [0.15, 0.2) is 53.0 Å². The first-order chi connectivity index (χ1) is 11.0. The molecule has 0 bridgehead atoms. The molecule has 0 aliphatic rings. The second-order valence-corrected chi connectivity index (χ2v) is 7.97. The van der Waals surface area contributed by atoms with Gasteiger partial charge in [-0.2, -0.15) is 0 Å². The summed E-state index contributed by atoms with van der Waals surface area (Å²) in [6.45, 7) is 0. The Hall–Kier alpha value is -1.33. The van der Waals surface area contributed by atoms with Gasteiger partial charge in [0.15, 0.2) is 5.78 Å². The van der Waals surface area contributed by atoms with Crippen molar-refractivity contribution in [2.45, 2.75) is 5.78 Å². The molecule has 0 amide bonds. The molecule has 1 N–H and O–H groups in total. The van der Waals surface area contributed by atoms with E-state index in [1.165, 1.54) is 14.2 Å². The van der Waals surface area contributed by atoms with Crippen LogP contribution < -0.4 is 10.1 Å². The Morgan fingerprint density at radius 3 is 2.00 bits per heavy atom. The van der Waals surface area contributed by atoms with Gasteiger partial charge in [-0.25, -0.2) is 0 Å². The maximum absolute atomic E-state index is 12.9. The normalized spacial score (nSPS) is 12.7. The molecule has 2 rings (SSSR count). The second-order valence-electron chi connectivity index (χ2n) is 4.73. The summed E-state index contributed by atoms with van der Waals surface area (Å²) >= 11 is 3.40. The van der Waals surface area contributed by atoms with Crippen molar-refractivity contribution in [2.75, 3.05) is 26.6 Å². The fourth-order valence-corrected chi connectivity index (χ4v) is 3.80. The number of benzene rings is 2. The van der Waals surface area contributed by atoms with Gasteiger partial charge < -0.3 is 19.1 Å². The molecule has 0 aliphatic carbocycles. The summed E-state index contributed by atoms with van der Waals surface area (Å²) in [6.07, 6.45) is 0. The lowest BCUT2D eigenvalue weighted by atomic mass is 10.2. The van der Waals surface area contributed by atoms with Gasteiger partial charge in [0.2, 0.25) is 0 Å².